The van der Waals surface area contributed by atoms with Gasteiger partial charge >= 0.3 is 0 Å². The van der Waals surface area contributed by atoms with Gasteiger partial charge in [0.2, 0.25) is 0 Å². The molecule has 2 rings (SSSR count). The van der Waals surface area contributed by atoms with E-state index in [9.17, 15) is 4.79 Å². The highest BCUT2D eigenvalue weighted by Crippen LogP contribution is 2.22. The summed E-state index contributed by atoms with van der Waals surface area (Å²) in [7, 11) is 0. The van der Waals surface area contributed by atoms with Crippen LogP contribution < -0.4 is 0 Å². The second-order valence-corrected chi connectivity index (χ2v) is 4.97. The number of rotatable bonds is 4. The second kappa shape index (κ2) is 5.60. The lowest BCUT2D eigenvalue weighted by atomic mass is 10.1. The topological polar surface area (TPSA) is 26.3 Å². The average Bonchev–Trinajstić information content (AvgIpc) is 2.79. The summed E-state index contributed by atoms with van der Waals surface area (Å²) in [6.07, 6.45) is 4.96. The molecule has 0 bridgehead atoms. The molecule has 0 spiro atoms. The first kappa shape index (κ1) is 11.8. The Bertz CT molecular complexity index is 370. The van der Waals surface area contributed by atoms with Crippen molar-refractivity contribution in [2.45, 2.75) is 31.8 Å². The SMILES string of the molecule is O=C(COC1CCCC1)c1ccccc1Br. The van der Waals surface area contributed by atoms with Crippen LogP contribution in [0.25, 0.3) is 0 Å². The third-order valence-corrected chi connectivity index (χ3v) is 3.62. The van der Waals surface area contributed by atoms with Crippen LogP contribution >= 0.6 is 15.9 Å². The van der Waals surface area contributed by atoms with Crippen LogP contribution in [0.5, 0.6) is 0 Å². The lowest BCUT2D eigenvalue weighted by Gasteiger charge is -2.10. The Morgan fingerprint density at radius 1 is 1.31 bits per heavy atom. The van der Waals surface area contributed by atoms with Crippen molar-refractivity contribution in [3.05, 3.63) is 34.3 Å². The monoisotopic (exact) mass is 282 g/mol. The van der Waals surface area contributed by atoms with Crippen molar-refractivity contribution >= 4 is 21.7 Å². The first-order valence-corrected chi connectivity index (χ1v) is 6.46. The molecule has 0 aliphatic heterocycles. The molecule has 1 aromatic carbocycles. The lowest BCUT2D eigenvalue weighted by Crippen LogP contribution is -2.16. The Morgan fingerprint density at radius 2 is 2.00 bits per heavy atom. The van der Waals surface area contributed by atoms with E-state index in [-0.39, 0.29) is 12.4 Å². The predicted octanol–water partition coefficient (Wildman–Crippen LogP) is 3.59. The Hall–Kier alpha value is -0.670. The minimum atomic E-state index is 0.0550. The zero-order valence-corrected chi connectivity index (χ0v) is 10.7. The normalized spacial score (nSPS) is 16.6. The summed E-state index contributed by atoms with van der Waals surface area (Å²) in [4.78, 5) is 11.9. The van der Waals surface area contributed by atoms with Crippen LogP contribution in [0.2, 0.25) is 0 Å². The van der Waals surface area contributed by atoms with Crippen molar-refractivity contribution in [1.29, 1.82) is 0 Å². The summed E-state index contributed by atoms with van der Waals surface area (Å²) in [5, 5.41) is 0. The fraction of sp³-hybridized carbons (Fsp3) is 0.462. The van der Waals surface area contributed by atoms with Gasteiger partial charge in [-0.2, -0.15) is 0 Å². The van der Waals surface area contributed by atoms with Gasteiger partial charge in [-0.1, -0.05) is 47.0 Å². The number of halogens is 1. The number of carbonyl (C=O) groups is 1. The molecule has 0 N–H and O–H groups in total. The summed E-state index contributed by atoms with van der Waals surface area (Å²) in [5.74, 6) is 0.0550. The largest absolute Gasteiger partial charge is 0.370 e. The highest BCUT2D eigenvalue weighted by molar-refractivity contribution is 9.10. The van der Waals surface area contributed by atoms with Gasteiger partial charge in [0.05, 0.1) is 6.10 Å². The number of Topliss-reactive ketones (excluding diaryl/α,β-unsaturated/α-hetero) is 1. The molecule has 16 heavy (non-hydrogen) atoms. The molecule has 0 saturated heterocycles. The van der Waals surface area contributed by atoms with Gasteiger partial charge in [0.25, 0.3) is 0 Å². The standard InChI is InChI=1S/C13H15BrO2/c14-12-8-4-3-7-11(12)13(15)9-16-10-5-1-2-6-10/h3-4,7-8,10H,1-2,5-6,9H2. The zero-order chi connectivity index (χ0) is 11.4. The van der Waals surface area contributed by atoms with Gasteiger partial charge in [-0.25, -0.2) is 0 Å². The van der Waals surface area contributed by atoms with Crippen molar-refractivity contribution in [2.75, 3.05) is 6.61 Å². The Morgan fingerprint density at radius 3 is 2.69 bits per heavy atom. The summed E-state index contributed by atoms with van der Waals surface area (Å²) >= 11 is 3.37. The molecule has 1 fully saturated rings. The van der Waals surface area contributed by atoms with E-state index in [1.807, 2.05) is 24.3 Å². The summed E-state index contributed by atoms with van der Waals surface area (Å²) < 4.78 is 6.45. The highest BCUT2D eigenvalue weighted by atomic mass is 79.9. The third kappa shape index (κ3) is 2.92. The Kier molecular flexibility index (Phi) is 4.13. The van der Waals surface area contributed by atoms with Crippen molar-refractivity contribution in [2.24, 2.45) is 0 Å². The number of ketones is 1. The summed E-state index contributed by atoms with van der Waals surface area (Å²) in [6.45, 7) is 0.202. The van der Waals surface area contributed by atoms with E-state index in [4.69, 9.17) is 4.74 Å². The fourth-order valence-corrected chi connectivity index (χ4v) is 2.52. The Balaban J connectivity index is 1.90. The van der Waals surface area contributed by atoms with Crippen LogP contribution in [-0.4, -0.2) is 18.5 Å². The number of benzene rings is 1. The average molecular weight is 283 g/mol. The van der Waals surface area contributed by atoms with Crippen LogP contribution in [0.4, 0.5) is 0 Å². The van der Waals surface area contributed by atoms with E-state index in [2.05, 4.69) is 15.9 Å². The quantitative estimate of drug-likeness (QED) is 0.789. The molecule has 0 amide bonds. The first-order chi connectivity index (χ1) is 7.77. The number of ether oxygens (including phenoxy) is 1. The van der Waals surface area contributed by atoms with Gasteiger partial charge in [0.1, 0.15) is 6.61 Å². The Labute approximate surface area is 104 Å². The third-order valence-electron chi connectivity index (χ3n) is 2.93. The van der Waals surface area contributed by atoms with E-state index in [0.29, 0.717) is 11.7 Å². The van der Waals surface area contributed by atoms with Gasteiger partial charge < -0.3 is 4.74 Å². The predicted molar refractivity (Wildman–Crippen MR) is 66.7 cm³/mol. The van der Waals surface area contributed by atoms with Crippen LogP contribution in [0.15, 0.2) is 28.7 Å². The molecule has 0 radical (unpaired) electrons. The minimum absolute atomic E-state index is 0.0550. The van der Waals surface area contributed by atoms with E-state index in [0.717, 1.165) is 17.3 Å². The molecule has 0 atom stereocenters. The fourth-order valence-electron chi connectivity index (χ4n) is 2.01. The van der Waals surface area contributed by atoms with Crippen molar-refractivity contribution < 1.29 is 9.53 Å². The van der Waals surface area contributed by atoms with Gasteiger partial charge in [-0.05, 0) is 18.9 Å². The maximum Gasteiger partial charge on any atom is 0.189 e. The van der Waals surface area contributed by atoms with E-state index in [1.165, 1.54) is 12.8 Å². The maximum absolute atomic E-state index is 11.9. The molecule has 1 aromatic rings. The molecule has 1 aliphatic carbocycles. The van der Waals surface area contributed by atoms with Gasteiger partial charge in [-0.15, -0.1) is 0 Å². The van der Waals surface area contributed by atoms with E-state index < -0.39 is 0 Å². The lowest BCUT2D eigenvalue weighted by molar-refractivity contribution is 0.0482. The molecule has 3 heteroatoms. The van der Waals surface area contributed by atoms with E-state index >= 15 is 0 Å². The summed E-state index contributed by atoms with van der Waals surface area (Å²) in [6, 6.07) is 7.47. The van der Waals surface area contributed by atoms with Gasteiger partial charge in [0, 0.05) is 10.0 Å². The first-order valence-electron chi connectivity index (χ1n) is 5.66. The second-order valence-electron chi connectivity index (χ2n) is 4.12. The zero-order valence-electron chi connectivity index (χ0n) is 9.12. The van der Waals surface area contributed by atoms with Crippen LogP contribution in [0.3, 0.4) is 0 Å². The summed E-state index contributed by atoms with van der Waals surface area (Å²) in [5.41, 5.74) is 0.709. The highest BCUT2D eigenvalue weighted by Gasteiger charge is 2.17. The van der Waals surface area contributed by atoms with Crippen molar-refractivity contribution in [3.8, 4) is 0 Å². The van der Waals surface area contributed by atoms with Gasteiger partial charge in [0.15, 0.2) is 5.78 Å². The number of hydrogen-bond acceptors (Lipinski definition) is 2. The molecule has 0 unspecified atom stereocenters. The smallest absolute Gasteiger partial charge is 0.189 e. The van der Waals surface area contributed by atoms with Crippen LogP contribution in [0, 0.1) is 0 Å². The molecule has 0 heterocycles. The van der Waals surface area contributed by atoms with E-state index in [1.54, 1.807) is 0 Å². The molecular formula is C13H15BrO2. The van der Waals surface area contributed by atoms with Crippen molar-refractivity contribution in [3.63, 3.8) is 0 Å². The number of carbonyl (C=O) groups excluding carboxylic acids is 1. The molecule has 1 saturated carbocycles. The number of hydrogen-bond donors (Lipinski definition) is 0. The van der Waals surface area contributed by atoms with Crippen LogP contribution in [-0.2, 0) is 4.74 Å². The minimum Gasteiger partial charge on any atom is -0.370 e. The molecule has 0 aromatic heterocycles. The molecule has 2 nitrogen and oxygen atoms in total. The maximum atomic E-state index is 11.9. The molecule has 1 aliphatic rings. The van der Waals surface area contributed by atoms with Crippen LogP contribution in [0.1, 0.15) is 36.0 Å². The molecular weight excluding hydrogens is 268 g/mol. The molecule has 86 valence electrons. The van der Waals surface area contributed by atoms with Gasteiger partial charge in [-0.3, -0.25) is 4.79 Å². The van der Waals surface area contributed by atoms with Crippen molar-refractivity contribution in [1.82, 2.24) is 0 Å².